The van der Waals surface area contributed by atoms with Crippen LogP contribution >= 0.6 is 11.6 Å². The first-order chi connectivity index (χ1) is 8.67. The summed E-state index contributed by atoms with van der Waals surface area (Å²) in [7, 11) is -4.57. The Kier molecular flexibility index (Phi) is 5.27. The molecule has 0 saturated heterocycles. The predicted molar refractivity (Wildman–Crippen MR) is 71.9 cm³/mol. The van der Waals surface area contributed by atoms with Gasteiger partial charge < -0.3 is 0 Å². The highest BCUT2D eigenvalue weighted by Gasteiger charge is 2.20. The van der Waals surface area contributed by atoms with E-state index in [4.69, 9.17) is 11.6 Å². The number of hydrogen-bond acceptors (Lipinski definition) is 5. The standard InChI is InChI=1S/C9H14ClN3O4S2/c1-13(2)18(14,15)6-5-12-19(16,17)9-7-11-4-3-8(9)10/h3-4,7,12H,5-6H2,1-2H3. The van der Waals surface area contributed by atoms with Crippen LogP contribution in [0.15, 0.2) is 23.4 Å². The third kappa shape index (κ3) is 4.39. The molecule has 0 saturated carbocycles. The molecule has 0 radical (unpaired) electrons. The van der Waals surface area contributed by atoms with E-state index in [1.165, 1.54) is 26.4 Å². The molecule has 1 heterocycles. The normalized spacial score (nSPS) is 12.8. The summed E-state index contributed by atoms with van der Waals surface area (Å²) in [6, 6.07) is 1.34. The summed E-state index contributed by atoms with van der Waals surface area (Å²) in [5.74, 6) is -0.336. The van der Waals surface area contributed by atoms with E-state index >= 15 is 0 Å². The van der Waals surface area contributed by atoms with E-state index in [0.29, 0.717) is 0 Å². The molecule has 0 amide bonds. The largest absolute Gasteiger partial charge is 0.263 e. The Morgan fingerprint density at radius 3 is 2.47 bits per heavy atom. The van der Waals surface area contributed by atoms with Crippen LogP contribution in [0.5, 0.6) is 0 Å². The second-order valence-electron chi connectivity index (χ2n) is 3.80. The van der Waals surface area contributed by atoms with E-state index in [2.05, 4.69) is 9.71 Å². The summed E-state index contributed by atoms with van der Waals surface area (Å²) >= 11 is 5.74. The maximum atomic E-state index is 11.9. The van der Waals surface area contributed by atoms with E-state index in [9.17, 15) is 16.8 Å². The molecular weight excluding hydrogens is 314 g/mol. The molecule has 0 aromatic carbocycles. The lowest BCUT2D eigenvalue weighted by molar-refractivity contribution is 0.519. The van der Waals surface area contributed by atoms with Gasteiger partial charge in [-0.1, -0.05) is 11.6 Å². The number of nitrogens with zero attached hydrogens (tertiary/aromatic N) is 2. The van der Waals surface area contributed by atoms with Crippen LogP contribution in [0, 0.1) is 0 Å². The summed E-state index contributed by atoms with van der Waals surface area (Å²) in [6.45, 7) is -0.242. The van der Waals surface area contributed by atoms with Crippen LogP contribution in [-0.4, -0.2) is 52.5 Å². The first-order valence-electron chi connectivity index (χ1n) is 5.16. The van der Waals surface area contributed by atoms with Gasteiger partial charge in [-0.15, -0.1) is 0 Å². The van der Waals surface area contributed by atoms with Crippen molar-refractivity contribution >= 4 is 31.6 Å². The Morgan fingerprint density at radius 1 is 1.32 bits per heavy atom. The number of rotatable bonds is 6. The van der Waals surface area contributed by atoms with Crippen LogP contribution in [0.3, 0.4) is 0 Å². The molecule has 7 nitrogen and oxygen atoms in total. The maximum absolute atomic E-state index is 11.9. The fourth-order valence-corrected chi connectivity index (χ4v) is 3.44. The van der Waals surface area contributed by atoms with Gasteiger partial charge in [0.25, 0.3) is 0 Å². The molecule has 10 heteroatoms. The van der Waals surface area contributed by atoms with Crippen molar-refractivity contribution in [3.05, 3.63) is 23.5 Å². The van der Waals surface area contributed by atoms with Crippen molar-refractivity contribution in [1.82, 2.24) is 14.0 Å². The highest BCUT2D eigenvalue weighted by Crippen LogP contribution is 2.18. The molecule has 1 aromatic heterocycles. The number of halogens is 1. The lowest BCUT2D eigenvalue weighted by Gasteiger charge is -2.12. The van der Waals surface area contributed by atoms with Gasteiger partial charge in [-0.2, -0.15) is 0 Å². The van der Waals surface area contributed by atoms with Crippen LogP contribution in [-0.2, 0) is 20.0 Å². The van der Waals surface area contributed by atoms with Crippen LogP contribution in [0.1, 0.15) is 0 Å². The third-order valence-electron chi connectivity index (χ3n) is 2.23. The van der Waals surface area contributed by atoms with Crippen LogP contribution in [0.4, 0.5) is 0 Å². The van der Waals surface area contributed by atoms with Gasteiger partial charge in [0, 0.05) is 33.0 Å². The Hall–Kier alpha value is -0.740. The zero-order chi connectivity index (χ0) is 14.7. The lowest BCUT2D eigenvalue weighted by Crippen LogP contribution is -2.34. The van der Waals surface area contributed by atoms with Gasteiger partial charge in [0.1, 0.15) is 4.90 Å². The van der Waals surface area contributed by atoms with Crippen molar-refractivity contribution in [2.75, 3.05) is 26.4 Å². The molecule has 0 aliphatic rings. The molecule has 0 bridgehead atoms. The zero-order valence-electron chi connectivity index (χ0n) is 10.4. The first kappa shape index (κ1) is 16.3. The summed E-state index contributed by atoms with van der Waals surface area (Å²) in [4.78, 5) is 3.49. The third-order valence-corrected chi connectivity index (χ3v) is 5.99. The van der Waals surface area contributed by atoms with Crippen molar-refractivity contribution in [3.63, 3.8) is 0 Å². The summed E-state index contributed by atoms with van der Waals surface area (Å²) in [6.07, 6.45) is 2.46. The Labute approximate surface area is 117 Å². The van der Waals surface area contributed by atoms with Gasteiger partial charge in [0.15, 0.2) is 0 Å². The zero-order valence-corrected chi connectivity index (χ0v) is 12.8. The number of nitrogens with one attached hydrogen (secondary N) is 1. The molecule has 0 unspecified atom stereocenters. The predicted octanol–water partition coefficient (Wildman–Crippen LogP) is -0.0953. The van der Waals surface area contributed by atoms with E-state index in [1.54, 1.807) is 0 Å². The number of aromatic nitrogens is 1. The molecule has 0 aliphatic heterocycles. The summed E-state index contributed by atoms with van der Waals surface area (Å²) in [5, 5.41) is 0.0259. The Morgan fingerprint density at radius 2 is 1.95 bits per heavy atom. The minimum Gasteiger partial charge on any atom is -0.263 e. The topological polar surface area (TPSA) is 96.4 Å². The Balaban J connectivity index is 2.76. The van der Waals surface area contributed by atoms with E-state index in [0.717, 1.165) is 10.5 Å². The lowest BCUT2D eigenvalue weighted by atomic mass is 10.5. The quantitative estimate of drug-likeness (QED) is 0.787. The van der Waals surface area contributed by atoms with Crippen molar-refractivity contribution in [1.29, 1.82) is 0 Å². The summed E-state index contributed by atoms with van der Waals surface area (Å²) < 4.78 is 49.9. The average molecular weight is 328 g/mol. The fraction of sp³-hybridized carbons (Fsp3) is 0.444. The molecule has 1 rings (SSSR count). The molecule has 0 aliphatic carbocycles. The smallest absolute Gasteiger partial charge is 0.243 e. The number of sulfonamides is 2. The number of pyridine rings is 1. The van der Waals surface area contributed by atoms with E-state index in [1.807, 2.05) is 0 Å². The minimum atomic E-state index is -3.87. The molecule has 1 aromatic rings. The van der Waals surface area contributed by atoms with Gasteiger partial charge in [-0.05, 0) is 6.07 Å². The highest BCUT2D eigenvalue weighted by atomic mass is 35.5. The fourth-order valence-electron chi connectivity index (χ4n) is 1.13. The average Bonchev–Trinajstić information content (AvgIpc) is 2.28. The van der Waals surface area contributed by atoms with Gasteiger partial charge >= 0.3 is 0 Å². The van der Waals surface area contributed by atoms with Gasteiger partial charge in [-0.3, -0.25) is 4.98 Å². The van der Waals surface area contributed by atoms with Crippen LogP contribution in [0.25, 0.3) is 0 Å². The molecule has 0 atom stereocenters. The minimum absolute atomic E-state index is 0.0259. The van der Waals surface area contributed by atoms with Crippen LogP contribution < -0.4 is 4.72 Å². The van der Waals surface area contributed by atoms with Crippen molar-refractivity contribution in [3.8, 4) is 0 Å². The molecule has 108 valence electrons. The number of hydrogen-bond donors (Lipinski definition) is 1. The van der Waals surface area contributed by atoms with Crippen LogP contribution in [0.2, 0.25) is 5.02 Å². The Bertz CT molecular complexity index is 643. The highest BCUT2D eigenvalue weighted by molar-refractivity contribution is 7.90. The molecule has 19 heavy (non-hydrogen) atoms. The van der Waals surface area contributed by atoms with Gasteiger partial charge in [0.2, 0.25) is 20.0 Å². The van der Waals surface area contributed by atoms with Crippen molar-refractivity contribution in [2.45, 2.75) is 4.90 Å². The SMILES string of the molecule is CN(C)S(=O)(=O)CCNS(=O)(=O)c1cnccc1Cl. The molecule has 1 N–H and O–H groups in total. The molecular formula is C9H14ClN3O4S2. The van der Waals surface area contributed by atoms with E-state index in [-0.39, 0.29) is 22.2 Å². The summed E-state index contributed by atoms with van der Waals surface area (Å²) in [5.41, 5.74) is 0. The van der Waals surface area contributed by atoms with Gasteiger partial charge in [0.05, 0.1) is 10.8 Å². The second kappa shape index (κ2) is 6.14. The van der Waals surface area contributed by atoms with Crippen molar-refractivity contribution < 1.29 is 16.8 Å². The molecule has 0 fully saturated rings. The second-order valence-corrected chi connectivity index (χ2v) is 8.25. The van der Waals surface area contributed by atoms with Crippen molar-refractivity contribution in [2.24, 2.45) is 0 Å². The van der Waals surface area contributed by atoms with Gasteiger partial charge in [-0.25, -0.2) is 25.9 Å². The first-order valence-corrected chi connectivity index (χ1v) is 8.63. The van der Waals surface area contributed by atoms with E-state index < -0.39 is 20.0 Å². The maximum Gasteiger partial charge on any atom is 0.243 e. The monoisotopic (exact) mass is 327 g/mol. The molecule has 0 spiro atoms.